The Labute approximate surface area is 297 Å². The van der Waals surface area contributed by atoms with Gasteiger partial charge >= 0.3 is 0 Å². The molecule has 3 unspecified atom stereocenters. The molecular weight excluding hydrogens is 669 g/mol. The van der Waals surface area contributed by atoms with Crippen LogP contribution in [0.1, 0.15) is 85.0 Å². The van der Waals surface area contributed by atoms with Gasteiger partial charge in [0.2, 0.25) is 5.91 Å². The van der Waals surface area contributed by atoms with Crippen LogP contribution in [0.25, 0.3) is 0 Å². The largest absolute Gasteiger partial charge is 0.486 e. The normalized spacial score (nSPS) is 25.0. The third-order valence-electron chi connectivity index (χ3n) is 10.4. The van der Waals surface area contributed by atoms with Crippen LogP contribution in [0.3, 0.4) is 0 Å². The molecule has 4 aliphatic rings. The predicted molar refractivity (Wildman–Crippen MR) is 189 cm³/mol. The Hall–Kier alpha value is -2.88. The van der Waals surface area contributed by atoms with Crippen molar-refractivity contribution >= 4 is 46.6 Å². The van der Waals surface area contributed by atoms with E-state index in [0.29, 0.717) is 39.3 Å². The molecule has 3 heterocycles. The minimum atomic E-state index is -0.775. The highest BCUT2D eigenvalue weighted by Gasteiger charge is 2.51. The molecule has 2 aliphatic carbocycles. The first-order valence-electron chi connectivity index (χ1n) is 17.1. The highest BCUT2D eigenvalue weighted by Crippen LogP contribution is 2.44. The smallest absolute Gasteiger partial charge is 0.251 e. The van der Waals surface area contributed by atoms with Crippen LogP contribution in [0.5, 0.6) is 5.75 Å². The van der Waals surface area contributed by atoms with Crippen molar-refractivity contribution in [1.82, 2.24) is 25.4 Å². The molecule has 4 fully saturated rings. The molecule has 8 nitrogen and oxygen atoms in total. The maximum absolute atomic E-state index is 15.1. The number of aryl methyl sites for hydroxylation is 1. The third kappa shape index (κ3) is 6.92. The van der Waals surface area contributed by atoms with Gasteiger partial charge in [-0.3, -0.25) is 19.5 Å². The molecule has 2 saturated heterocycles. The van der Waals surface area contributed by atoms with Gasteiger partial charge in [0, 0.05) is 54.7 Å². The molecule has 0 radical (unpaired) electrons. The first kappa shape index (κ1) is 33.6. The molecule has 4 atom stereocenters. The fraction of sp³-hybridized carbons (Fsp3) is 0.486. The number of hydrogen-bond donors (Lipinski definition) is 2. The van der Waals surface area contributed by atoms with Crippen LogP contribution in [-0.4, -0.2) is 70.6 Å². The summed E-state index contributed by atoms with van der Waals surface area (Å²) in [7, 11) is 0. The average molecular weight is 711 g/mol. The highest BCUT2D eigenvalue weighted by molar-refractivity contribution is 6.37. The third-order valence-corrected chi connectivity index (χ3v) is 11.3. The van der Waals surface area contributed by atoms with Crippen LogP contribution in [0.4, 0.5) is 0 Å². The minimum absolute atomic E-state index is 0.0314. The molecule has 0 spiro atoms. The molecule has 2 N–H and O–H groups in total. The topological polar surface area (TPSA) is 86.8 Å². The Balaban J connectivity index is 1.09. The number of halogens is 3. The van der Waals surface area contributed by atoms with Crippen molar-refractivity contribution in [3.63, 3.8) is 0 Å². The van der Waals surface area contributed by atoms with Crippen molar-refractivity contribution in [2.45, 2.75) is 94.6 Å². The second kappa shape index (κ2) is 13.8. The standard InChI is InChI=1S/C37H42Cl3N5O3/c1-22-17-31(39)34(32(40)18-22)48-28-12-16-44(20-28)33-9-13-37(21-42-33,25-10-14-41-15-11-25)36(47)45(27-6-7-27)23(2)29-19-24(3-8-30(29)38)35(46)43-26-4-5-26/h3,8,10-11,14-15,17-19,23,26-28,33,42H,4-7,9,12-13,16,20-21H2,1-2H3,(H,43,46)/t23?,28-,33?,37?/m1/s1. The number of nitrogens with zero attached hydrogens (tertiary/aromatic N) is 3. The SMILES string of the molecule is Cc1cc(Cl)c(O[C@@H]2CCN(C3CCC(C(=O)N(C4CC4)C(C)c4cc(C(=O)NC5CC5)ccc4Cl)(c4ccncc4)CN3)C2)c(Cl)c1. The summed E-state index contributed by atoms with van der Waals surface area (Å²) in [6, 6.07) is 13.2. The van der Waals surface area contributed by atoms with Crippen LogP contribution < -0.4 is 15.4 Å². The average Bonchev–Trinajstić information content (AvgIpc) is 4.03. The lowest BCUT2D eigenvalue weighted by Crippen LogP contribution is -2.61. The maximum atomic E-state index is 15.1. The first-order valence-corrected chi connectivity index (χ1v) is 18.2. The van der Waals surface area contributed by atoms with Crippen molar-refractivity contribution in [2.24, 2.45) is 0 Å². The summed E-state index contributed by atoms with van der Waals surface area (Å²) in [5.41, 5.74) is 2.54. The minimum Gasteiger partial charge on any atom is -0.486 e. The van der Waals surface area contributed by atoms with Gasteiger partial charge < -0.3 is 20.3 Å². The molecule has 11 heteroatoms. The van der Waals surface area contributed by atoms with Crippen molar-refractivity contribution < 1.29 is 14.3 Å². The summed E-state index contributed by atoms with van der Waals surface area (Å²) in [4.78, 5) is 36.7. The highest BCUT2D eigenvalue weighted by atomic mass is 35.5. The van der Waals surface area contributed by atoms with Crippen LogP contribution in [-0.2, 0) is 10.2 Å². The number of carbonyl (C=O) groups excluding carboxylic acids is 2. The van der Waals surface area contributed by atoms with Crippen molar-refractivity contribution in [3.8, 4) is 5.75 Å². The first-order chi connectivity index (χ1) is 23.1. The zero-order valence-corrected chi connectivity index (χ0v) is 29.6. The molecule has 3 aromatic rings. The number of likely N-dealkylation sites (tertiary alicyclic amines) is 1. The summed E-state index contributed by atoms with van der Waals surface area (Å²) in [5.74, 6) is 0.533. The van der Waals surface area contributed by atoms with E-state index in [-0.39, 0.29) is 42.2 Å². The number of benzene rings is 2. The Bertz CT molecular complexity index is 1650. The van der Waals surface area contributed by atoms with Gasteiger partial charge in [0.1, 0.15) is 6.10 Å². The fourth-order valence-electron chi connectivity index (χ4n) is 7.41. The van der Waals surface area contributed by atoms with Crippen LogP contribution in [0.15, 0.2) is 54.9 Å². The van der Waals surface area contributed by atoms with Crippen LogP contribution >= 0.6 is 34.8 Å². The van der Waals surface area contributed by atoms with Gasteiger partial charge in [0.25, 0.3) is 5.91 Å². The fourth-order valence-corrected chi connectivity index (χ4v) is 8.37. The number of piperidine rings is 1. The lowest BCUT2D eigenvalue weighted by Gasteiger charge is -2.46. The number of carbonyl (C=O) groups is 2. The van der Waals surface area contributed by atoms with E-state index < -0.39 is 5.41 Å². The van der Waals surface area contributed by atoms with E-state index >= 15 is 4.79 Å². The zero-order chi connectivity index (χ0) is 33.6. The van der Waals surface area contributed by atoms with Gasteiger partial charge in [0.15, 0.2) is 5.75 Å². The molecule has 1 aromatic heterocycles. The molecule has 2 aromatic carbocycles. The predicted octanol–water partition coefficient (Wildman–Crippen LogP) is 7.10. The van der Waals surface area contributed by atoms with Gasteiger partial charge in [-0.25, -0.2) is 0 Å². The van der Waals surface area contributed by atoms with E-state index in [1.165, 1.54) is 0 Å². The van der Waals surface area contributed by atoms with Gasteiger partial charge in [0.05, 0.1) is 27.7 Å². The summed E-state index contributed by atoms with van der Waals surface area (Å²) in [5, 5.41) is 8.45. The molecule has 48 heavy (non-hydrogen) atoms. The van der Waals surface area contributed by atoms with Crippen LogP contribution in [0.2, 0.25) is 15.1 Å². The maximum Gasteiger partial charge on any atom is 0.251 e. The Morgan fingerprint density at radius 2 is 1.73 bits per heavy atom. The van der Waals surface area contributed by atoms with E-state index in [0.717, 1.165) is 68.3 Å². The number of ether oxygens (including phenoxy) is 1. The number of pyridine rings is 1. The number of aromatic nitrogens is 1. The number of rotatable bonds is 10. The lowest BCUT2D eigenvalue weighted by atomic mass is 9.72. The van der Waals surface area contributed by atoms with Gasteiger partial charge in [-0.15, -0.1) is 0 Å². The number of hydrogen-bond acceptors (Lipinski definition) is 6. The van der Waals surface area contributed by atoms with E-state index in [9.17, 15) is 4.79 Å². The molecule has 2 saturated carbocycles. The molecule has 0 bridgehead atoms. The van der Waals surface area contributed by atoms with Gasteiger partial charge in [-0.2, -0.15) is 0 Å². The second-order valence-corrected chi connectivity index (χ2v) is 15.2. The van der Waals surface area contributed by atoms with Crippen LogP contribution in [0, 0.1) is 6.92 Å². The van der Waals surface area contributed by atoms with Gasteiger partial charge in [-0.1, -0.05) is 34.8 Å². The quantitative estimate of drug-likeness (QED) is 0.234. The zero-order valence-electron chi connectivity index (χ0n) is 27.4. The number of nitrogens with one attached hydrogen (secondary N) is 2. The molecule has 2 amide bonds. The van der Waals surface area contributed by atoms with Gasteiger partial charge in [-0.05, 0) is 118 Å². The number of amides is 2. The van der Waals surface area contributed by atoms with Crippen molar-refractivity contribution in [3.05, 3.63) is 92.2 Å². The Morgan fingerprint density at radius 1 is 1.00 bits per heavy atom. The van der Waals surface area contributed by atoms with E-state index in [1.54, 1.807) is 24.5 Å². The molecule has 7 rings (SSSR count). The summed E-state index contributed by atoms with van der Waals surface area (Å²) in [6.07, 6.45) is 9.86. The second-order valence-electron chi connectivity index (χ2n) is 13.9. The summed E-state index contributed by atoms with van der Waals surface area (Å²) < 4.78 is 6.31. The summed E-state index contributed by atoms with van der Waals surface area (Å²) >= 11 is 19.7. The molecule has 254 valence electrons. The summed E-state index contributed by atoms with van der Waals surface area (Å²) in [6.45, 7) is 6.09. The van der Waals surface area contributed by atoms with E-state index in [1.807, 2.05) is 49.1 Å². The molecular formula is C37H42Cl3N5O3. The van der Waals surface area contributed by atoms with Crippen molar-refractivity contribution in [1.29, 1.82) is 0 Å². The lowest BCUT2D eigenvalue weighted by molar-refractivity contribution is -0.142. The monoisotopic (exact) mass is 709 g/mol. The Kier molecular flexibility index (Phi) is 9.66. The van der Waals surface area contributed by atoms with E-state index in [4.69, 9.17) is 39.5 Å². The van der Waals surface area contributed by atoms with E-state index in [2.05, 4.69) is 20.5 Å². The molecule has 2 aliphatic heterocycles. The van der Waals surface area contributed by atoms with Crippen molar-refractivity contribution in [2.75, 3.05) is 19.6 Å². The Morgan fingerprint density at radius 3 is 2.38 bits per heavy atom.